The van der Waals surface area contributed by atoms with Crippen LogP contribution >= 0.6 is 11.8 Å². The average Bonchev–Trinajstić information content (AvgIpc) is 2.81. The topological polar surface area (TPSA) is 89.5 Å². The van der Waals surface area contributed by atoms with Gasteiger partial charge in [-0.05, 0) is 54.1 Å². The number of halogens is 2. The van der Waals surface area contributed by atoms with Crippen molar-refractivity contribution in [1.82, 2.24) is 0 Å². The van der Waals surface area contributed by atoms with Gasteiger partial charge in [-0.3, -0.25) is 4.79 Å². The standard InChI is InChI=1S/C24H17F2NO5S2/c1-32-24(29)15-7-5-14(6-8-15)11-22-23(28)27-20-10-9-16(12-21(20)33-22)34(30,31)13-17-18(25)3-2-4-19(17)26/h2-12H,13H2,1H3,(H,27,28)/b22-11-. The first-order valence-electron chi connectivity index (χ1n) is 9.87. The number of nitrogens with one attached hydrogen (secondary N) is 1. The largest absolute Gasteiger partial charge is 0.465 e. The maximum atomic E-state index is 14.0. The van der Waals surface area contributed by atoms with Crippen molar-refractivity contribution < 1.29 is 31.5 Å². The minimum absolute atomic E-state index is 0.126. The van der Waals surface area contributed by atoms with Crippen molar-refractivity contribution >= 4 is 45.2 Å². The number of ether oxygens (including phenoxy) is 1. The van der Waals surface area contributed by atoms with E-state index in [0.717, 1.165) is 30.0 Å². The van der Waals surface area contributed by atoms with Crippen molar-refractivity contribution in [3.05, 3.63) is 93.9 Å². The van der Waals surface area contributed by atoms with Crippen LogP contribution in [-0.4, -0.2) is 27.4 Å². The predicted molar refractivity (Wildman–Crippen MR) is 124 cm³/mol. The molecule has 1 N–H and O–H groups in total. The molecule has 3 aromatic carbocycles. The van der Waals surface area contributed by atoms with Gasteiger partial charge in [0.25, 0.3) is 5.91 Å². The Morgan fingerprint density at radius 1 is 1.06 bits per heavy atom. The molecular formula is C24H17F2NO5S2. The summed E-state index contributed by atoms with van der Waals surface area (Å²) in [6.45, 7) is 0. The van der Waals surface area contributed by atoms with E-state index in [1.807, 2.05) is 0 Å². The van der Waals surface area contributed by atoms with Crippen molar-refractivity contribution in [3.63, 3.8) is 0 Å². The Bertz CT molecular complexity index is 1410. The second-order valence-corrected chi connectivity index (χ2v) is 10.4. The number of hydrogen-bond donors (Lipinski definition) is 1. The number of carbonyl (C=O) groups excluding carboxylic acids is 2. The average molecular weight is 502 g/mol. The molecule has 1 heterocycles. The quantitative estimate of drug-likeness (QED) is 0.399. The number of fused-ring (bicyclic) bond motifs is 1. The van der Waals surface area contributed by atoms with Gasteiger partial charge in [-0.1, -0.05) is 30.0 Å². The van der Waals surface area contributed by atoms with Crippen LogP contribution < -0.4 is 5.32 Å². The molecule has 3 aromatic rings. The first-order valence-corrected chi connectivity index (χ1v) is 12.3. The molecule has 0 saturated carbocycles. The third-order valence-electron chi connectivity index (χ3n) is 5.03. The fourth-order valence-electron chi connectivity index (χ4n) is 3.26. The minimum atomic E-state index is -4.07. The zero-order valence-corrected chi connectivity index (χ0v) is 19.3. The molecule has 10 heteroatoms. The highest BCUT2D eigenvalue weighted by Crippen LogP contribution is 2.40. The normalized spacial score (nSPS) is 14.4. The number of esters is 1. The molecule has 174 valence electrons. The Morgan fingerprint density at radius 2 is 1.74 bits per heavy atom. The Morgan fingerprint density at radius 3 is 2.38 bits per heavy atom. The number of methoxy groups -OCH3 is 1. The minimum Gasteiger partial charge on any atom is -0.465 e. The number of carbonyl (C=O) groups is 2. The summed E-state index contributed by atoms with van der Waals surface area (Å²) in [6, 6.07) is 13.7. The fourth-order valence-corrected chi connectivity index (χ4v) is 5.72. The molecule has 1 aliphatic heterocycles. The second-order valence-electron chi connectivity index (χ2n) is 7.30. The SMILES string of the molecule is COC(=O)c1ccc(/C=C2\Sc3cc(S(=O)(=O)Cc4c(F)cccc4F)ccc3NC2=O)cc1. The molecule has 4 rings (SSSR count). The molecule has 34 heavy (non-hydrogen) atoms. The molecule has 6 nitrogen and oxygen atoms in total. The van der Waals surface area contributed by atoms with Gasteiger partial charge in [-0.15, -0.1) is 0 Å². The van der Waals surface area contributed by atoms with Gasteiger partial charge in [0.1, 0.15) is 11.6 Å². The monoisotopic (exact) mass is 501 g/mol. The molecule has 0 aliphatic carbocycles. The van der Waals surface area contributed by atoms with Gasteiger partial charge < -0.3 is 10.1 Å². The van der Waals surface area contributed by atoms with Crippen LogP contribution in [0.3, 0.4) is 0 Å². The third-order valence-corrected chi connectivity index (χ3v) is 7.75. The van der Waals surface area contributed by atoms with Crippen LogP contribution in [0.1, 0.15) is 21.5 Å². The lowest BCUT2D eigenvalue weighted by atomic mass is 10.1. The lowest BCUT2D eigenvalue weighted by Gasteiger charge is -2.19. The molecule has 0 bridgehead atoms. The van der Waals surface area contributed by atoms with Gasteiger partial charge in [0.05, 0.1) is 33.9 Å². The summed E-state index contributed by atoms with van der Waals surface area (Å²) in [5.41, 5.74) is 0.894. The van der Waals surface area contributed by atoms with Gasteiger partial charge in [0.2, 0.25) is 0 Å². The first kappa shape index (κ1) is 23.7. The van der Waals surface area contributed by atoms with Crippen molar-refractivity contribution in [1.29, 1.82) is 0 Å². The van der Waals surface area contributed by atoms with Crippen LogP contribution in [0.4, 0.5) is 14.5 Å². The molecule has 1 aliphatic rings. The number of hydrogen-bond acceptors (Lipinski definition) is 6. The van der Waals surface area contributed by atoms with E-state index in [1.165, 1.54) is 25.3 Å². The van der Waals surface area contributed by atoms with E-state index in [-0.39, 0.29) is 10.8 Å². The molecule has 0 saturated heterocycles. The summed E-state index contributed by atoms with van der Waals surface area (Å²) in [5, 5.41) is 2.70. The van der Waals surface area contributed by atoms with Gasteiger partial charge in [0, 0.05) is 10.5 Å². The lowest BCUT2D eigenvalue weighted by Crippen LogP contribution is -2.18. The van der Waals surface area contributed by atoms with E-state index >= 15 is 0 Å². The van der Waals surface area contributed by atoms with Crippen molar-refractivity contribution in [3.8, 4) is 0 Å². The fraction of sp³-hybridized carbons (Fsp3) is 0.0833. The molecule has 0 fully saturated rings. The third kappa shape index (κ3) is 4.87. The van der Waals surface area contributed by atoms with E-state index < -0.39 is 38.8 Å². The summed E-state index contributed by atoms with van der Waals surface area (Å²) < 4.78 is 58.3. The summed E-state index contributed by atoms with van der Waals surface area (Å²) in [7, 11) is -2.79. The number of rotatable bonds is 5. The Kier molecular flexibility index (Phi) is 6.54. The summed E-state index contributed by atoms with van der Waals surface area (Å²) in [5.74, 6) is -3.57. The van der Waals surface area contributed by atoms with Crippen molar-refractivity contribution in [2.75, 3.05) is 12.4 Å². The maximum absolute atomic E-state index is 14.0. The first-order chi connectivity index (χ1) is 16.2. The second kappa shape index (κ2) is 9.40. The number of amides is 1. The van der Waals surface area contributed by atoms with Gasteiger partial charge in [0.15, 0.2) is 9.84 Å². The Balaban J connectivity index is 1.62. The molecule has 1 amide bonds. The van der Waals surface area contributed by atoms with Crippen LogP contribution in [0, 0.1) is 11.6 Å². The van der Waals surface area contributed by atoms with Crippen LogP contribution in [0.15, 0.2) is 75.4 Å². The highest BCUT2D eigenvalue weighted by molar-refractivity contribution is 8.04. The Hall–Kier alpha value is -3.50. The highest BCUT2D eigenvalue weighted by Gasteiger charge is 2.25. The molecule has 0 unspecified atom stereocenters. The molecule has 0 atom stereocenters. The van der Waals surface area contributed by atoms with E-state index in [9.17, 15) is 26.8 Å². The van der Waals surface area contributed by atoms with E-state index in [0.29, 0.717) is 26.6 Å². The molecule has 0 radical (unpaired) electrons. The summed E-state index contributed by atoms with van der Waals surface area (Å²) in [6.07, 6.45) is 1.60. The van der Waals surface area contributed by atoms with Crippen LogP contribution in [-0.2, 0) is 25.1 Å². The van der Waals surface area contributed by atoms with Gasteiger partial charge in [-0.25, -0.2) is 22.0 Å². The van der Waals surface area contributed by atoms with Crippen LogP contribution in [0.2, 0.25) is 0 Å². The summed E-state index contributed by atoms with van der Waals surface area (Å²) in [4.78, 5) is 24.7. The van der Waals surface area contributed by atoms with Gasteiger partial charge >= 0.3 is 5.97 Å². The summed E-state index contributed by atoms with van der Waals surface area (Å²) >= 11 is 1.06. The van der Waals surface area contributed by atoms with E-state index in [1.54, 1.807) is 30.3 Å². The van der Waals surface area contributed by atoms with E-state index in [4.69, 9.17) is 0 Å². The molecule has 0 spiro atoms. The van der Waals surface area contributed by atoms with Crippen molar-refractivity contribution in [2.24, 2.45) is 0 Å². The smallest absolute Gasteiger partial charge is 0.337 e. The number of anilines is 1. The van der Waals surface area contributed by atoms with Crippen LogP contribution in [0.5, 0.6) is 0 Å². The molecular weight excluding hydrogens is 484 g/mol. The van der Waals surface area contributed by atoms with Crippen LogP contribution in [0.25, 0.3) is 6.08 Å². The predicted octanol–water partition coefficient (Wildman–Crippen LogP) is 4.81. The zero-order valence-electron chi connectivity index (χ0n) is 17.7. The highest BCUT2D eigenvalue weighted by atomic mass is 32.2. The molecule has 0 aromatic heterocycles. The Labute approximate surface area is 198 Å². The number of thioether (sulfide) groups is 1. The zero-order chi connectivity index (χ0) is 24.5. The van der Waals surface area contributed by atoms with Crippen molar-refractivity contribution in [2.45, 2.75) is 15.5 Å². The number of sulfone groups is 1. The maximum Gasteiger partial charge on any atom is 0.337 e. The van der Waals surface area contributed by atoms with E-state index in [2.05, 4.69) is 10.1 Å². The van der Waals surface area contributed by atoms with Gasteiger partial charge in [-0.2, -0.15) is 0 Å². The number of benzene rings is 3. The lowest BCUT2D eigenvalue weighted by molar-refractivity contribution is -0.112.